The normalized spacial score (nSPS) is 16.5. The topological polar surface area (TPSA) is 38.3 Å². The van der Waals surface area contributed by atoms with Gasteiger partial charge in [0.1, 0.15) is 6.04 Å². The summed E-state index contributed by atoms with van der Waals surface area (Å²) in [5.74, 6) is 0.360. The lowest BCUT2D eigenvalue weighted by atomic mass is 10.1. The van der Waals surface area contributed by atoms with Crippen molar-refractivity contribution in [1.82, 2.24) is 5.32 Å². The van der Waals surface area contributed by atoms with Gasteiger partial charge in [-0.25, -0.2) is 0 Å². The second kappa shape index (κ2) is 5.82. The molecule has 3 nitrogen and oxygen atoms in total. The van der Waals surface area contributed by atoms with Gasteiger partial charge < -0.3 is 10.1 Å². The Hall–Kier alpha value is -1.35. The highest BCUT2D eigenvalue weighted by Crippen LogP contribution is 2.33. The van der Waals surface area contributed by atoms with Crippen LogP contribution in [0.25, 0.3) is 0 Å². The predicted molar refractivity (Wildman–Crippen MR) is 66.7 cm³/mol. The predicted octanol–water partition coefficient (Wildman–Crippen LogP) is 1.77. The van der Waals surface area contributed by atoms with E-state index in [0.29, 0.717) is 5.92 Å². The minimum absolute atomic E-state index is 0.108. The summed E-state index contributed by atoms with van der Waals surface area (Å²) in [7, 11) is 1.45. The Balaban J connectivity index is 1.78. The number of carbonyl (C=O) groups excluding carboxylic acids is 1. The molecule has 1 aliphatic rings. The summed E-state index contributed by atoms with van der Waals surface area (Å²) >= 11 is 0. The minimum Gasteiger partial charge on any atom is -0.468 e. The summed E-state index contributed by atoms with van der Waals surface area (Å²) < 4.78 is 4.81. The van der Waals surface area contributed by atoms with E-state index < -0.39 is 0 Å². The number of rotatable bonds is 6. The van der Waals surface area contributed by atoms with Gasteiger partial charge in [0, 0.05) is 0 Å². The third-order valence-electron chi connectivity index (χ3n) is 3.17. The molecule has 17 heavy (non-hydrogen) atoms. The minimum atomic E-state index is -0.124. The zero-order chi connectivity index (χ0) is 12.1. The average Bonchev–Trinajstić information content (AvgIpc) is 3.19. The highest BCUT2D eigenvalue weighted by Gasteiger charge is 2.36. The van der Waals surface area contributed by atoms with Crippen LogP contribution >= 0.6 is 0 Å². The lowest BCUT2D eigenvalue weighted by Crippen LogP contribution is -2.40. The largest absolute Gasteiger partial charge is 0.468 e. The van der Waals surface area contributed by atoms with Gasteiger partial charge in [-0.15, -0.1) is 0 Å². The standard InChI is InChI=1S/C14H19NO2/c1-17-14(16)13(12-7-8-12)15-10-9-11-5-3-2-4-6-11/h2-6,12-13,15H,7-10H2,1H3. The highest BCUT2D eigenvalue weighted by atomic mass is 16.5. The summed E-state index contributed by atoms with van der Waals surface area (Å²) in [5.41, 5.74) is 1.29. The van der Waals surface area contributed by atoms with Gasteiger partial charge in [-0.2, -0.15) is 0 Å². The van der Waals surface area contributed by atoms with Crippen molar-refractivity contribution in [2.75, 3.05) is 13.7 Å². The summed E-state index contributed by atoms with van der Waals surface area (Å²) in [6.07, 6.45) is 3.22. The fourth-order valence-corrected chi connectivity index (χ4v) is 2.02. The average molecular weight is 233 g/mol. The Bertz CT molecular complexity index is 360. The maximum atomic E-state index is 11.6. The Morgan fingerprint density at radius 3 is 2.71 bits per heavy atom. The van der Waals surface area contributed by atoms with Crippen LogP contribution in [0.3, 0.4) is 0 Å². The molecule has 1 aliphatic carbocycles. The summed E-state index contributed by atoms with van der Waals surface area (Å²) in [6, 6.07) is 10.2. The number of methoxy groups -OCH3 is 1. The smallest absolute Gasteiger partial charge is 0.323 e. The number of ether oxygens (including phenoxy) is 1. The number of carbonyl (C=O) groups is 1. The van der Waals surface area contributed by atoms with E-state index in [4.69, 9.17) is 4.74 Å². The summed E-state index contributed by atoms with van der Waals surface area (Å²) in [6.45, 7) is 0.820. The van der Waals surface area contributed by atoms with Gasteiger partial charge in [-0.1, -0.05) is 30.3 Å². The van der Waals surface area contributed by atoms with E-state index in [1.807, 2.05) is 18.2 Å². The molecule has 0 spiro atoms. The molecule has 0 heterocycles. The Labute approximate surface area is 102 Å². The van der Waals surface area contributed by atoms with Crippen LogP contribution in [0.4, 0.5) is 0 Å². The SMILES string of the molecule is COC(=O)C(NCCc1ccccc1)C1CC1. The lowest BCUT2D eigenvalue weighted by Gasteiger charge is -2.15. The van der Waals surface area contributed by atoms with Gasteiger partial charge in [0.15, 0.2) is 0 Å². The molecule has 1 aromatic rings. The van der Waals surface area contributed by atoms with Crippen LogP contribution in [0.15, 0.2) is 30.3 Å². The first-order valence-electron chi connectivity index (χ1n) is 6.16. The highest BCUT2D eigenvalue weighted by molar-refractivity contribution is 5.76. The molecule has 1 saturated carbocycles. The van der Waals surface area contributed by atoms with Gasteiger partial charge in [-0.3, -0.25) is 4.79 Å². The van der Waals surface area contributed by atoms with E-state index in [1.54, 1.807) is 0 Å². The number of hydrogen-bond donors (Lipinski definition) is 1. The second-order valence-corrected chi connectivity index (χ2v) is 4.53. The van der Waals surface area contributed by atoms with Crippen molar-refractivity contribution >= 4 is 5.97 Å². The van der Waals surface area contributed by atoms with Crippen molar-refractivity contribution in [3.05, 3.63) is 35.9 Å². The Morgan fingerprint density at radius 1 is 1.41 bits per heavy atom. The molecule has 3 heteroatoms. The van der Waals surface area contributed by atoms with Crippen LogP contribution in [-0.4, -0.2) is 25.7 Å². The monoisotopic (exact) mass is 233 g/mol. The maximum Gasteiger partial charge on any atom is 0.323 e. The van der Waals surface area contributed by atoms with Gasteiger partial charge in [-0.05, 0) is 37.3 Å². The van der Waals surface area contributed by atoms with E-state index in [-0.39, 0.29) is 12.0 Å². The van der Waals surface area contributed by atoms with Crippen LogP contribution in [0.5, 0.6) is 0 Å². The first-order chi connectivity index (χ1) is 8.31. The fraction of sp³-hybridized carbons (Fsp3) is 0.500. The van der Waals surface area contributed by atoms with E-state index >= 15 is 0 Å². The van der Waals surface area contributed by atoms with Crippen molar-refractivity contribution in [3.63, 3.8) is 0 Å². The molecular weight excluding hydrogens is 214 g/mol. The molecule has 1 N–H and O–H groups in total. The lowest BCUT2D eigenvalue weighted by molar-refractivity contribution is -0.143. The van der Waals surface area contributed by atoms with Gasteiger partial charge >= 0.3 is 5.97 Å². The first kappa shape index (κ1) is 12.1. The molecule has 92 valence electrons. The maximum absolute atomic E-state index is 11.6. The van der Waals surface area contributed by atoms with E-state index in [9.17, 15) is 4.79 Å². The zero-order valence-corrected chi connectivity index (χ0v) is 10.2. The molecule has 0 saturated heterocycles. The van der Waals surface area contributed by atoms with E-state index in [0.717, 1.165) is 25.8 Å². The van der Waals surface area contributed by atoms with Crippen molar-refractivity contribution in [3.8, 4) is 0 Å². The molecule has 1 aromatic carbocycles. The molecule has 0 amide bonds. The van der Waals surface area contributed by atoms with Crippen LogP contribution in [0.1, 0.15) is 18.4 Å². The van der Waals surface area contributed by atoms with Crippen LogP contribution in [0.2, 0.25) is 0 Å². The van der Waals surface area contributed by atoms with E-state index in [1.165, 1.54) is 12.7 Å². The van der Waals surface area contributed by atoms with E-state index in [2.05, 4.69) is 17.4 Å². The summed E-state index contributed by atoms with van der Waals surface area (Å²) in [4.78, 5) is 11.6. The molecule has 0 aromatic heterocycles. The van der Waals surface area contributed by atoms with Crippen molar-refractivity contribution in [2.24, 2.45) is 5.92 Å². The van der Waals surface area contributed by atoms with Gasteiger partial charge in [0.2, 0.25) is 0 Å². The van der Waals surface area contributed by atoms with Crippen molar-refractivity contribution in [1.29, 1.82) is 0 Å². The van der Waals surface area contributed by atoms with Gasteiger partial charge in [0.25, 0.3) is 0 Å². The third kappa shape index (κ3) is 3.56. The van der Waals surface area contributed by atoms with Crippen molar-refractivity contribution < 1.29 is 9.53 Å². The first-order valence-corrected chi connectivity index (χ1v) is 6.16. The van der Waals surface area contributed by atoms with Gasteiger partial charge in [0.05, 0.1) is 7.11 Å². The number of hydrogen-bond acceptors (Lipinski definition) is 3. The third-order valence-corrected chi connectivity index (χ3v) is 3.17. The van der Waals surface area contributed by atoms with Crippen molar-refractivity contribution in [2.45, 2.75) is 25.3 Å². The second-order valence-electron chi connectivity index (χ2n) is 4.53. The zero-order valence-electron chi connectivity index (χ0n) is 10.2. The fourth-order valence-electron chi connectivity index (χ4n) is 2.02. The molecular formula is C14H19NO2. The molecule has 1 atom stereocenters. The molecule has 1 unspecified atom stereocenters. The molecule has 0 radical (unpaired) electrons. The van der Waals surface area contributed by atoms with Crippen LogP contribution in [0, 0.1) is 5.92 Å². The molecule has 2 rings (SSSR count). The molecule has 0 aliphatic heterocycles. The molecule has 0 bridgehead atoms. The quantitative estimate of drug-likeness (QED) is 0.761. The van der Waals surface area contributed by atoms with Crippen LogP contribution < -0.4 is 5.32 Å². The number of esters is 1. The number of benzene rings is 1. The summed E-state index contributed by atoms with van der Waals surface area (Å²) in [5, 5.41) is 3.31. The molecule has 1 fully saturated rings. The van der Waals surface area contributed by atoms with Crippen LogP contribution in [-0.2, 0) is 16.0 Å². The number of nitrogens with one attached hydrogen (secondary N) is 1. The Morgan fingerprint density at radius 2 is 2.12 bits per heavy atom. The Kier molecular flexibility index (Phi) is 4.15.